The van der Waals surface area contributed by atoms with Crippen LogP contribution in [0.5, 0.6) is 11.5 Å². The summed E-state index contributed by atoms with van der Waals surface area (Å²) in [7, 11) is 0. The second-order valence-electron chi connectivity index (χ2n) is 16.0. The van der Waals surface area contributed by atoms with Crippen molar-refractivity contribution in [2.24, 2.45) is 11.8 Å². The number of rotatable bonds is 12. The van der Waals surface area contributed by atoms with E-state index in [0.29, 0.717) is 30.1 Å². The quantitative estimate of drug-likeness (QED) is 0.172. The number of aryl methyl sites for hydroxylation is 1. The standard InChI is InChI=1S/C40H57ClN4O6/c1-39(2,3)50-37(46)43-22-8-12-29(26-43)14-10-24-45-33-16-7-17-34(36(33)42-35(45)28-49-32-20-18-31(41)19-21-32)48-25-11-15-30-13-9-23-44(27-30)38(47)51-40(4,5)6/h7,16-21,29-30H,8-15,22-28H2,1-6H3. The zero-order valence-electron chi connectivity index (χ0n) is 31.4. The lowest BCUT2D eigenvalue weighted by Crippen LogP contribution is -2.42. The summed E-state index contributed by atoms with van der Waals surface area (Å²) in [6.07, 6.45) is 7.57. The SMILES string of the molecule is CC(C)(C)OC(=O)N1CCCC(CCCOc2cccc3c2nc(COc2ccc(Cl)cc2)n3CCCC2CCCN(C(=O)OC(C)(C)C)C2)C1. The van der Waals surface area contributed by atoms with E-state index in [1.165, 1.54) is 0 Å². The van der Waals surface area contributed by atoms with Gasteiger partial charge in [-0.25, -0.2) is 14.6 Å². The molecule has 51 heavy (non-hydrogen) atoms. The first-order chi connectivity index (χ1) is 24.2. The number of nitrogens with zero attached hydrogens (tertiary/aromatic N) is 4. The van der Waals surface area contributed by atoms with Gasteiger partial charge in [0.2, 0.25) is 0 Å². The second-order valence-corrected chi connectivity index (χ2v) is 16.5. The van der Waals surface area contributed by atoms with Gasteiger partial charge < -0.3 is 33.3 Å². The van der Waals surface area contributed by atoms with Crippen LogP contribution >= 0.6 is 11.6 Å². The van der Waals surface area contributed by atoms with Crippen LogP contribution in [0.25, 0.3) is 11.0 Å². The Morgan fingerprint density at radius 3 is 1.98 bits per heavy atom. The highest BCUT2D eigenvalue weighted by Gasteiger charge is 2.29. The Bertz CT molecular complexity index is 1600. The summed E-state index contributed by atoms with van der Waals surface area (Å²) in [6, 6.07) is 13.5. The van der Waals surface area contributed by atoms with E-state index in [1.54, 1.807) is 0 Å². The molecule has 0 saturated carbocycles. The molecule has 5 rings (SSSR count). The molecule has 0 spiro atoms. The Morgan fingerprint density at radius 2 is 1.39 bits per heavy atom. The summed E-state index contributed by atoms with van der Waals surface area (Å²) in [5.74, 6) is 3.18. The summed E-state index contributed by atoms with van der Waals surface area (Å²) in [5, 5.41) is 0.660. The van der Waals surface area contributed by atoms with Crippen molar-refractivity contribution in [2.45, 2.75) is 117 Å². The molecule has 0 radical (unpaired) electrons. The molecule has 11 heteroatoms. The number of carbonyl (C=O) groups is 2. The summed E-state index contributed by atoms with van der Waals surface area (Å²) in [6.45, 7) is 16.1. The first-order valence-corrected chi connectivity index (χ1v) is 19.1. The van der Waals surface area contributed by atoms with Crippen LogP contribution < -0.4 is 9.47 Å². The molecule has 2 atom stereocenters. The van der Waals surface area contributed by atoms with Crippen LogP contribution in [-0.2, 0) is 22.6 Å². The van der Waals surface area contributed by atoms with Crippen LogP contribution in [0.4, 0.5) is 9.59 Å². The van der Waals surface area contributed by atoms with Crippen LogP contribution in [0.2, 0.25) is 5.02 Å². The van der Waals surface area contributed by atoms with Crippen molar-refractivity contribution in [2.75, 3.05) is 32.8 Å². The van der Waals surface area contributed by atoms with E-state index in [-0.39, 0.29) is 12.2 Å². The van der Waals surface area contributed by atoms with Gasteiger partial charge in [0.1, 0.15) is 40.6 Å². The van der Waals surface area contributed by atoms with Crippen LogP contribution in [0.3, 0.4) is 0 Å². The molecule has 2 fully saturated rings. The average molecular weight is 725 g/mol. The molecular weight excluding hydrogens is 668 g/mol. The number of para-hydroxylation sites is 1. The largest absolute Gasteiger partial charge is 0.491 e. The Labute approximate surface area is 308 Å². The number of fused-ring (bicyclic) bond motifs is 1. The summed E-state index contributed by atoms with van der Waals surface area (Å²) in [4.78, 5) is 34.2. The number of hydrogen-bond donors (Lipinski definition) is 0. The number of imidazole rings is 1. The summed E-state index contributed by atoms with van der Waals surface area (Å²) >= 11 is 6.10. The number of benzene rings is 2. The molecule has 0 aliphatic carbocycles. The molecule has 2 aromatic carbocycles. The Balaban J connectivity index is 1.21. The minimum Gasteiger partial charge on any atom is -0.491 e. The van der Waals surface area contributed by atoms with Gasteiger partial charge in [0.25, 0.3) is 0 Å². The lowest BCUT2D eigenvalue weighted by molar-refractivity contribution is 0.0150. The number of likely N-dealkylation sites (tertiary alicyclic amines) is 2. The van der Waals surface area contributed by atoms with Crippen molar-refractivity contribution >= 4 is 34.8 Å². The average Bonchev–Trinajstić information content (AvgIpc) is 3.43. The molecule has 10 nitrogen and oxygen atoms in total. The number of hydrogen-bond acceptors (Lipinski definition) is 7. The highest BCUT2D eigenvalue weighted by Crippen LogP contribution is 2.30. The summed E-state index contributed by atoms with van der Waals surface area (Å²) in [5.41, 5.74) is 0.852. The topological polar surface area (TPSA) is 95.4 Å². The van der Waals surface area contributed by atoms with E-state index in [9.17, 15) is 9.59 Å². The van der Waals surface area contributed by atoms with Crippen molar-refractivity contribution in [3.05, 3.63) is 53.3 Å². The van der Waals surface area contributed by atoms with E-state index >= 15 is 0 Å². The third kappa shape index (κ3) is 11.7. The van der Waals surface area contributed by atoms with Gasteiger partial charge in [-0.1, -0.05) is 17.7 Å². The molecule has 280 valence electrons. The number of halogens is 1. The predicted octanol–water partition coefficient (Wildman–Crippen LogP) is 9.50. The maximum Gasteiger partial charge on any atom is 0.410 e. The Hall–Kier alpha value is -3.66. The summed E-state index contributed by atoms with van der Waals surface area (Å²) < 4.78 is 26.1. The Kier molecular flexibility index (Phi) is 13.0. The maximum absolute atomic E-state index is 12.7. The fraction of sp³-hybridized carbons (Fsp3) is 0.625. The molecule has 3 aromatic rings. The molecule has 2 amide bonds. The zero-order chi connectivity index (χ0) is 36.6. The monoisotopic (exact) mass is 724 g/mol. The number of ether oxygens (including phenoxy) is 4. The number of piperidine rings is 2. The number of carbonyl (C=O) groups excluding carboxylic acids is 2. The molecule has 0 bridgehead atoms. The minimum atomic E-state index is -0.500. The molecule has 2 aliphatic heterocycles. The van der Waals surface area contributed by atoms with E-state index in [1.807, 2.05) is 87.7 Å². The third-order valence-corrected chi connectivity index (χ3v) is 9.60. The van der Waals surface area contributed by atoms with Crippen molar-refractivity contribution in [1.29, 1.82) is 0 Å². The molecule has 2 unspecified atom stereocenters. The van der Waals surface area contributed by atoms with E-state index in [2.05, 4.69) is 10.6 Å². The van der Waals surface area contributed by atoms with Crippen LogP contribution in [0.15, 0.2) is 42.5 Å². The number of aromatic nitrogens is 2. The van der Waals surface area contributed by atoms with Gasteiger partial charge in [0.05, 0.1) is 12.1 Å². The number of amides is 2. The van der Waals surface area contributed by atoms with Gasteiger partial charge in [0.15, 0.2) is 0 Å². The first-order valence-electron chi connectivity index (χ1n) is 18.7. The second kappa shape index (κ2) is 17.2. The fourth-order valence-corrected chi connectivity index (χ4v) is 7.13. The molecular formula is C40H57ClN4O6. The van der Waals surface area contributed by atoms with Gasteiger partial charge in [-0.15, -0.1) is 0 Å². The van der Waals surface area contributed by atoms with Crippen molar-refractivity contribution in [3.63, 3.8) is 0 Å². The van der Waals surface area contributed by atoms with Gasteiger partial charge in [-0.2, -0.15) is 0 Å². The van der Waals surface area contributed by atoms with E-state index < -0.39 is 11.2 Å². The fourth-order valence-electron chi connectivity index (χ4n) is 7.00. The third-order valence-electron chi connectivity index (χ3n) is 9.35. The lowest BCUT2D eigenvalue weighted by Gasteiger charge is -2.34. The van der Waals surface area contributed by atoms with Gasteiger partial charge in [0, 0.05) is 37.7 Å². The van der Waals surface area contributed by atoms with Gasteiger partial charge >= 0.3 is 12.2 Å². The van der Waals surface area contributed by atoms with Crippen LogP contribution in [-0.4, -0.2) is 75.5 Å². The maximum atomic E-state index is 12.7. The zero-order valence-corrected chi connectivity index (χ0v) is 32.2. The first kappa shape index (κ1) is 38.6. The molecule has 0 N–H and O–H groups in total. The van der Waals surface area contributed by atoms with Crippen LogP contribution in [0, 0.1) is 11.8 Å². The molecule has 2 saturated heterocycles. The highest BCUT2D eigenvalue weighted by molar-refractivity contribution is 6.30. The normalized spacial score (nSPS) is 18.5. The van der Waals surface area contributed by atoms with Crippen LogP contribution in [0.1, 0.15) is 98.7 Å². The molecule has 2 aliphatic rings. The lowest BCUT2D eigenvalue weighted by atomic mass is 9.93. The van der Waals surface area contributed by atoms with E-state index in [4.69, 9.17) is 35.5 Å². The van der Waals surface area contributed by atoms with E-state index in [0.717, 1.165) is 112 Å². The van der Waals surface area contributed by atoms with Crippen molar-refractivity contribution < 1.29 is 28.5 Å². The van der Waals surface area contributed by atoms with Crippen molar-refractivity contribution in [3.8, 4) is 11.5 Å². The minimum absolute atomic E-state index is 0.219. The van der Waals surface area contributed by atoms with Crippen molar-refractivity contribution in [1.82, 2.24) is 19.4 Å². The van der Waals surface area contributed by atoms with Gasteiger partial charge in [-0.05, 0) is 141 Å². The molecule has 3 heterocycles. The predicted molar refractivity (Wildman–Crippen MR) is 201 cm³/mol. The highest BCUT2D eigenvalue weighted by atomic mass is 35.5. The Morgan fingerprint density at radius 1 is 0.804 bits per heavy atom. The smallest absolute Gasteiger partial charge is 0.410 e. The van der Waals surface area contributed by atoms with Gasteiger partial charge in [-0.3, -0.25) is 0 Å². The molecule has 1 aromatic heterocycles.